The van der Waals surface area contributed by atoms with E-state index in [0.717, 1.165) is 36.4 Å². The molecule has 3 saturated carbocycles. The number of carbonyl (C=O) groups excluding carboxylic acids is 1. The van der Waals surface area contributed by atoms with Gasteiger partial charge in [0.1, 0.15) is 12.4 Å². The molecule has 30 heavy (non-hydrogen) atoms. The van der Waals surface area contributed by atoms with Crippen LogP contribution in [0.4, 0.5) is 5.82 Å². The normalized spacial score (nSPS) is 23.9. The highest BCUT2D eigenvalue weighted by Gasteiger charge is 2.68. The minimum atomic E-state index is 0.0479. The van der Waals surface area contributed by atoms with Crippen LogP contribution in [0.3, 0.4) is 0 Å². The molecule has 3 aliphatic rings. The highest BCUT2D eigenvalue weighted by atomic mass is 35.5. The van der Waals surface area contributed by atoms with Crippen LogP contribution in [0.25, 0.3) is 11.3 Å². The molecule has 1 heterocycles. The number of aromatic nitrogens is 1. The van der Waals surface area contributed by atoms with Gasteiger partial charge in [-0.15, -0.1) is 0 Å². The van der Waals surface area contributed by atoms with Crippen LogP contribution in [0.5, 0.6) is 5.75 Å². The molecule has 0 spiro atoms. The van der Waals surface area contributed by atoms with Gasteiger partial charge in [-0.3, -0.25) is 4.79 Å². The number of nitrogens with one attached hydrogen (secondary N) is 1. The fraction of sp³-hybridized carbons (Fsp3) is 0.333. The number of ketones is 1. The number of aryl methyl sites for hydroxylation is 1. The SMILES string of the molecule is Cc1ccc(OCC(=O)CC23CC(Nc4cc(-c5ccc(Cl)cc5)on4)(C2)C3)cc1. The zero-order chi connectivity index (χ0) is 20.8. The van der Waals surface area contributed by atoms with Crippen molar-refractivity contribution in [3.63, 3.8) is 0 Å². The van der Waals surface area contributed by atoms with Gasteiger partial charge in [0.25, 0.3) is 0 Å². The van der Waals surface area contributed by atoms with Gasteiger partial charge in [-0.25, -0.2) is 0 Å². The second kappa shape index (κ2) is 7.17. The van der Waals surface area contributed by atoms with Crippen molar-refractivity contribution in [3.8, 4) is 17.1 Å². The fourth-order valence-corrected chi connectivity index (χ4v) is 5.07. The minimum Gasteiger partial charge on any atom is -0.486 e. The first kappa shape index (κ1) is 19.2. The summed E-state index contributed by atoms with van der Waals surface area (Å²) in [6, 6.07) is 17.2. The van der Waals surface area contributed by atoms with Crippen LogP contribution in [-0.2, 0) is 4.79 Å². The summed E-state index contributed by atoms with van der Waals surface area (Å²) in [5.41, 5.74) is 2.29. The molecule has 0 aliphatic heterocycles. The van der Waals surface area contributed by atoms with Crippen molar-refractivity contribution in [3.05, 3.63) is 65.2 Å². The number of hydrogen-bond acceptors (Lipinski definition) is 5. The fourth-order valence-electron chi connectivity index (χ4n) is 4.94. The number of hydrogen-bond donors (Lipinski definition) is 1. The number of rotatable bonds is 8. The molecule has 5 nitrogen and oxygen atoms in total. The highest BCUT2D eigenvalue weighted by Crippen LogP contribution is 2.70. The van der Waals surface area contributed by atoms with Crippen LogP contribution < -0.4 is 10.1 Å². The maximum atomic E-state index is 12.4. The van der Waals surface area contributed by atoms with Gasteiger partial charge in [0.2, 0.25) is 0 Å². The van der Waals surface area contributed by atoms with Crippen molar-refractivity contribution < 1.29 is 14.1 Å². The van der Waals surface area contributed by atoms with Crippen molar-refractivity contribution in [1.29, 1.82) is 0 Å². The van der Waals surface area contributed by atoms with Gasteiger partial charge in [-0.05, 0) is 68.0 Å². The molecular formula is C24H23ClN2O3. The monoisotopic (exact) mass is 422 g/mol. The zero-order valence-corrected chi connectivity index (χ0v) is 17.5. The van der Waals surface area contributed by atoms with Crippen molar-refractivity contribution in [2.45, 2.75) is 38.1 Å². The summed E-state index contributed by atoms with van der Waals surface area (Å²) in [7, 11) is 0. The first-order chi connectivity index (χ1) is 14.4. The molecule has 154 valence electrons. The maximum Gasteiger partial charge on any atom is 0.170 e. The average Bonchev–Trinajstić information content (AvgIpc) is 3.14. The third-order valence-electron chi connectivity index (χ3n) is 6.17. The van der Waals surface area contributed by atoms with E-state index in [1.165, 1.54) is 5.56 Å². The lowest BCUT2D eigenvalue weighted by Crippen LogP contribution is -2.71. The summed E-state index contributed by atoms with van der Waals surface area (Å²) < 4.78 is 11.1. The molecule has 2 aromatic carbocycles. The Labute approximate surface area is 180 Å². The zero-order valence-electron chi connectivity index (χ0n) is 16.8. The average molecular weight is 423 g/mol. The standard InChI is InChI=1S/C24H23ClN2O3/c1-16-2-8-20(9-3-16)29-12-19(28)11-23-13-24(14-23,15-23)26-22-10-21(30-27-22)17-4-6-18(25)7-5-17/h2-10H,11-15H2,1H3,(H,26,27). The number of Topliss-reactive ketones (excluding diaryl/α,β-unsaturated/α-hetero) is 1. The van der Waals surface area contributed by atoms with E-state index in [9.17, 15) is 4.79 Å². The number of ether oxygens (including phenoxy) is 1. The first-order valence-corrected chi connectivity index (χ1v) is 10.5. The number of halogens is 1. The summed E-state index contributed by atoms with van der Waals surface area (Å²) in [5, 5.41) is 8.35. The van der Waals surface area contributed by atoms with Crippen molar-refractivity contribution in [2.24, 2.45) is 5.41 Å². The van der Waals surface area contributed by atoms with Crippen molar-refractivity contribution >= 4 is 23.2 Å². The molecule has 0 saturated heterocycles. The Morgan fingerprint density at radius 1 is 1.13 bits per heavy atom. The Balaban J connectivity index is 1.11. The minimum absolute atomic E-state index is 0.0479. The molecule has 1 aromatic heterocycles. The number of carbonyl (C=O) groups is 1. The molecule has 0 amide bonds. The Bertz CT molecular complexity index is 1050. The van der Waals surface area contributed by atoms with Gasteiger partial charge in [0, 0.05) is 28.6 Å². The quantitative estimate of drug-likeness (QED) is 0.506. The molecule has 6 rings (SSSR count). The van der Waals surface area contributed by atoms with E-state index in [0.29, 0.717) is 17.2 Å². The summed E-state index contributed by atoms with van der Waals surface area (Å²) in [5.74, 6) is 2.35. The first-order valence-electron chi connectivity index (χ1n) is 10.1. The van der Waals surface area contributed by atoms with E-state index in [-0.39, 0.29) is 23.3 Å². The Morgan fingerprint density at radius 3 is 2.53 bits per heavy atom. The van der Waals surface area contributed by atoms with Crippen LogP contribution in [0.2, 0.25) is 5.02 Å². The Kier molecular flexibility index (Phi) is 4.58. The van der Waals surface area contributed by atoms with Crippen LogP contribution in [0, 0.1) is 12.3 Å². The van der Waals surface area contributed by atoms with E-state index in [2.05, 4.69) is 10.5 Å². The largest absolute Gasteiger partial charge is 0.486 e. The summed E-state index contributed by atoms with van der Waals surface area (Å²) >= 11 is 5.94. The van der Waals surface area contributed by atoms with Crippen LogP contribution in [0.15, 0.2) is 59.1 Å². The Hall–Kier alpha value is -2.79. The van der Waals surface area contributed by atoms with Gasteiger partial charge in [0.05, 0.1) is 0 Å². The second-order valence-electron chi connectivity index (χ2n) is 8.84. The number of nitrogens with zero attached hydrogens (tertiary/aromatic N) is 1. The molecule has 3 aliphatic carbocycles. The van der Waals surface area contributed by atoms with E-state index in [4.69, 9.17) is 20.9 Å². The van der Waals surface area contributed by atoms with Gasteiger partial charge in [-0.2, -0.15) is 0 Å². The predicted octanol–water partition coefficient (Wildman–Crippen LogP) is 5.68. The van der Waals surface area contributed by atoms with E-state index < -0.39 is 0 Å². The van der Waals surface area contributed by atoms with E-state index >= 15 is 0 Å². The molecule has 0 atom stereocenters. The maximum absolute atomic E-state index is 12.4. The van der Waals surface area contributed by atoms with Crippen LogP contribution >= 0.6 is 11.6 Å². The smallest absolute Gasteiger partial charge is 0.170 e. The van der Waals surface area contributed by atoms with Gasteiger partial charge in [-0.1, -0.05) is 34.5 Å². The lowest BCUT2D eigenvalue weighted by atomic mass is 9.38. The van der Waals surface area contributed by atoms with Gasteiger partial charge < -0.3 is 14.6 Å². The second-order valence-corrected chi connectivity index (χ2v) is 9.27. The molecule has 0 unspecified atom stereocenters. The third-order valence-corrected chi connectivity index (χ3v) is 6.42. The van der Waals surface area contributed by atoms with Crippen molar-refractivity contribution in [1.82, 2.24) is 5.16 Å². The molecule has 6 heteroatoms. The lowest BCUT2D eigenvalue weighted by molar-refractivity contribution is -0.147. The highest BCUT2D eigenvalue weighted by molar-refractivity contribution is 6.30. The summed E-state index contributed by atoms with van der Waals surface area (Å²) in [6.45, 7) is 2.16. The molecular weight excluding hydrogens is 400 g/mol. The molecule has 1 N–H and O–H groups in total. The lowest BCUT2D eigenvalue weighted by Gasteiger charge is -2.70. The molecule has 3 fully saturated rings. The van der Waals surface area contributed by atoms with Crippen LogP contribution in [-0.4, -0.2) is 23.1 Å². The van der Waals surface area contributed by atoms with E-state index in [1.807, 2.05) is 61.5 Å². The van der Waals surface area contributed by atoms with E-state index in [1.54, 1.807) is 0 Å². The molecule has 3 aromatic rings. The molecule has 0 radical (unpaired) electrons. The van der Waals surface area contributed by atoms with Crippen molar-refractivity contribution in [2.75, 3.05) is 11.9 Å². The predicted molar refractivity (Wildman–Crippen MR) is 116 cm³/mol. The summed E-state index contributed by atoms with van der Waals surface area (Å²) in [4.78, 5) is 12.4. The van der Waals surface area contributed by atoms with Gasteiger partial charge in [0.15, 0.2) is 17.4 Å². The Morgan fingerprint density at radius 2 is 1.83 bits per heavy atom. The van der Waals surface area contributed by atoms with Gasteiger partial charge >= 0.3 is 0 Å². The number of anilines is 1. The summed E-state index contributed by atoms with van der Waals surface area (Å²) in [6.07, 6.45) is 3.54. The van der Waals surface area contributed by atoms with Crippen LogP contribution in [0.1, 0.15) is 31.2 Å². The molecule has 2 bridgehead atoms. The number of benzene rings is 2. The third kappa shape index (κ3) is 3.70. The topological polar surface area (TPSA) is 64.4 Å².